The molecule has 1 heterocycles. The second kappa shape index (κ2) is 5.63. The lowest BCUT2D eigenvalue weighted by atomic mass is 10.1. The third kappa shape index (κ3) is 3.08. The van der Waals surface area contributed by atoms with Crippen molar-refractivity contribution in [2.45, 2.75) is 13.0 Å². The molecule has 1 aromatic heterocycles. The summed E-state index contributed by atoms with van der Waals surface area (Å²) in [5.41, 5.74) is 0.986. The van der Waals surface area contributed by atoms with E-state index in [2.05, 4.69) is 21.2 Å². The number of amides is 1. The maximum atomic E-state index is 11.9. The zero-order chi connectivity index (χ0) is 14.0. The highest BCUT2D eigenvalue weighted by atomic mass is 79.9. The Labute approximate surface area is 118 Å². The SMILES string of the molecule is COc1cc(C(=O)NCC(C)O)cc2oc(Br)cc12. The first kappa shape index (κ1) is 13.9. The fourth-order valence-electron chi connectivity index (χ4n) is 1.72. The number of rotatable bonds is 4. The lowest BCUT2D eigenvalue weighted by Gasteiger charge is -2.08. The third-order valence-corrected chi connectivity index (χ3v) is 3.00. The number of ether oxygens (including phenoxy) is 1. The van der Waals surface area contributed by atoms with E-state index < -0.39 is 6.10 Å². The van der Waals surface area contributed by atoms with Crippen LogP contribution < -0.4 is 10.1 Å². The molecular formula is C13H14BrNO4. The lowest BCUT2D eigenvalue weighted by molar-refractivity contribution is 0.0923. The molecule has 0 aliphatic heterocycles. The number of carbonyl (C=O) groups excluding carboxylic acids is 1. The van der Waals surface area contributed by atoms with Crippen molar-refractivity contribution in [1.29, 1.82) is 0 Å². The van der Waals surface area contributed by atoms with Gasteiger partial charge in [-0.1, -0.05) is 0 Å². The lowest BCUT2D eigenvalue weighted by Crippen LogP contribution is -2.30. The number of benzene rings is 1. The molecule has 5 nitrogen and oxygen atoms in total. The number of fused-ring (bicyclic) bond motifs is 1. The summed E-state index contributed by atoms with van der Waals surface area (Å²) < 4.78 is 11.3. The van der Waals surface area contributed by atoms with Crippen molar-refractivity contribution in [3.05, 3.63) is 28.4 Å². The number of nitrogens with one attached hydrogen (secondary N) is 1. The van der Waals surface area contributed by atoms with Crippen molar-refractivity contribution in [3.63, 3.8) is 0 Å². The van der Waals surface area contributed by atoms with Crippen molar-refractivity contribution in [2.24, 2.45) is 0 Å². The highest BCUT2D eigenvalue weighted by Gasteiger charge is 2.14. The van der Waals surface area contributed by atoms with Gasteiger partial charge in [-0.25, -0.2) is 0 Å². The quantitative estimate of drug-likeness (QED) is 0.903. The van der Waals surface area contributed by atoms with Crippen LogP contribution in [0.4, 0.5) is 0 Å². The molecule has 0 aliphatic rings. The molecule has 0 saturated carbocycles. The van der Waals surface area contributed by atoms with Gasteiger partial charge in [-0.2, -0.15) is 0 Å². The van der Waals surface area contributed by atoms with Crippen LogP contribution in [0.25, 0.3) is 11.0 Å². The molecule has 19 heavy (non-hydrogen) atoms. The summed E-state index contributed by atoms with van der Waals surface area (Å²) in [5, 5.41) is 12.6. The van der Waals surface area contributed by atoms with Gasteiger partial charge in [0, 0.05) is 18.2 Å². The topological polar surface area (TPSA) is 71.7 Å². The number of carbonyl (C=O) groups is 1. The average molecular weight is 328 g/mol. The molecule has 1 amide bonds. The molecule has 102 valence electrons. The predicted octanol–water partition coefficient (Wildman–Crippen LogP) is 2.31. The fraction of sp³-hybridized carbons (Fsp3) is 0.308. The summed E-state index contributed by atoms with van der Waals surface area (Å²) in [5.74, 6) is 0.280. The van der Waals surface area contributed by atoms with Gasteiger partial charge in [0.1, 0.15) is 11.3 Å². The summed E-state index contributed by atoms with van der Waals surface area (Å²) >= 11 is 3.24. The van der Waals surface area contributed by atoms with Crippen LogP contribution in [0, 0.1) is 0 Å². The molecule has 2 rings (SSSR count). The maximum absolute atomic E-state index is 11.9. The Morgan fingerprint density at radius 2 is 2.26 bits per heavy atom. The fourth-order valence-corrected chi connectivity index (χ4v) is 2.12. The van der Waals surface area contributed by atoms with Crippen molar-refractivity contribution < 1.29 is 19.1 Å². The molecule has 1 atom stereocenters. The van der Waals surface area contributed by atoms with Gasteiger partial charge in [-0.05, 0) is 35.0 Å². The number of aliphatic hydroxyl groups excluding tert-OH is 1. The Morgan fingerprint density at radius 1 is 1.53 bits per heavy atom. The molecule has 6 heteroatoms. The first-order chi connectivity index (χ1) is 9.01. The Hall–Kier alpha value is -1.53. The summed E-state index contributed by atoms with van der Waals surface area (Å²) in [6.07, 6.45) is -0.590. The minimum atomic E-state index is -0.590. The standard InChI is InChI=1S/C13H14BrNO4/c1-7(16)6-15-13(17)8-3-10(18-2)9-5-12(14)19-11(9)4-8/h3-5,7,16H,6H2,1-2H3,(H,15,17). The first-order valence-electron chi connectivity index (χ1n) is 5.74. The molecular weight excluding hydrogens is 314 g/mol. The van der Waals surface area contributed by atoms with Gasteiger partial charge in [-0.3, -0.25) is 4.79 Å². The largest absolute Gasteiger partial charge is 0.496 e. The Morgan fingerprint density at radius 3 is 2.89 bits per heavy atom. The Balaban J connectivity index is 2.35. The van der Waals surface area contributed by atoms with Crippen molar-refractivity contribution in [3.8, 4) is 5.75 Å². The molecule has 0 spiro atoms. The molecule has 0 radical (unpaired) electrons. The van der Waals surface area contributed by atoms with E-state index >= 15 is 0 Å². The number of hydrogen-bond donors (Lipinski definition) is 2. The van der Waals surface area contributed by atoms with Crippen LogP contribution in [0.2, 0.25) is 0 Å². The summed E-state index contributed by atoms with van der Waals surface area (Å²) in [6.45, 7) is 1.80. The molecule has 2 aromatic rings. The van der Waals surface area contributed by atoms with Crippen LogP contribution in [0.3, 0.4) is 0 Å². The Kier molecular flexibility index (Phi) is 4.11. The van der Waals surface area contributed by atoms with Crippen LogP contribution in [0.15, 0.2) is 27.3 Å². The third-order valence-electron chi connectivity index (χ3n) is 2.61. The molecule has 0 saturated heterocycles. The van der Waals surface area contributed by atoms with Crippen LogP contribution in [0.1, 0.15) is 17.3 Å². The van der Waals surface area contributed by atoms with E-state index in [-0.39, 0.29) is 12.5 Å². The highest BCUT2D eigenvalue weighted by Crippen LogP contribution is 2.32. The first-order valence-corrected chi connectivity index (χ1v) is 6.54. The minimum Gasteiger partial charge on any atom is -0.496 e. The smallest absolute Gasteiger partial charge is 0.251 e. The minimum absolute atomic E-state index is 0.195. The molecule has 1 unspecified atom stereocenters. The van der Waals surface area contributed by atoms with Gasteiger partial charge in [0.05, 0.1) is 18.6 Å². The van der Waals surface area contributed by atoms with E-state index in [0.717, 1.165) is 5.39 Å². The van der Waals surface area contributed by atoms with Gasteiger partial charge in [0.25, 0.3) is 5.91 Å². The number of halogens is 1. The monoisotopic (exact) mass is 327 g/mol. The number of furan rings is 1. The average Bonchev–Trinajstić information content (AvgIpc) is 2.74. The maximum Gasteiger partial charge on any atom is 0.251 e. The van der Waals surface area contributed by atoms with Gasteiger partial charge >= 0.3 is 0 Å². The number of aliphatic hydroxyl groups is 1. The van der Waals surface area contributed by atoms with Gasteiger partial charge in [0.2, 0.25) is 0 Å². The van der Waals surface area contributed by atoms with Crippen LogP contribution in [-0.2, 0) is 0 Å². The molecule has 0 aliphatic carbocycles. The molecule has 0 fully saturated rings. The second-order valence-corrected chi connectivity index (χ2v) is 4.98. The normalized spacial score (nSPS) is 12.4. The molecule has 0 bridgehead atoms. The summed E-state index contributed by atoms with van der Waals surface area (Å²) in [7, 11) is 1.53. The number of hydrogen-bond acceptors (Lipinski definition) is 4. The second-order valence-electron chi connectivity index (χ2n) is 4.20. The van der Waals surface area contributed by atoms with Crippen LogP contribution in [0.5, 0.6) is 5.75 Å². The zero-order valence-electron chi connectivity index (χ0n) is 10.6. The van der Waals surface area contributed by atoms with E-state index in [1.165, 1.54) is 7.11 Å². The summed E-state index contributed by atoms with van der Waals surface area (Å²) in [4.78, 5) is 11.9. The highest BCUT2D eigenvalue weighted by molar-refractivity contribution is 9.10. The van der Waals surface area contributed by atoms with E-state index in [9.17, 15) is 4.79 Å². The van der Waals surface area contributed by atoms with E-state index in [1.54, 1.807) is 25.1 Å². The van der Waals surface area contributed by atoms with Crippen LogP contribution >= 0.6 is 15.9 Å². The van der Waals surface area contributed by atoms with Crippen LogP contribution in [-0.4, -0.2) is 30.8 Å². The molecule has 1 aromatic carbocycles. The van der Waals surface area contributed by atoms with E-state index in [1.807, 2.05) is 0 Å². The van der Waals surface area contributed by atoms with E-state index in [4.69, 9.17) is 14.3 Å². The molecule has 2 N–H and O–H groups in total. The van der Waals surface area contributed by atoms with Crippen molar-refractivity contribution >= 4 is 32.8 Å². The van der Waals surface area contributed by atoms with E-state index in [0.29, 0.717) is 21.6 Å². The predicted molar refractivity (Wildman–Crippen MR) is 74.5 cm³/mol. The van der Waals surface area contributed by atoms with Crippen molar-refractivity contribution in [2.75, 3.05) is 13.7 Å². The summed E-state index contributed by atoms with van der Waals surface area (Å²) in [6, 6.07) is 5.06. The number of methoxy groups -OCH3 is 1. The zero-order valence-corrected chi connectivity index (χ0v) is 12.2. The van der Waals surface area contributed by atoms with Crippen molar-refractivity contribution in [1.82, 2.24) is 5.32 Å². The Bertz CT molecular complexity index is 606. The van der Waals surface area contributed by atoms with Gasteiger partial charge in [0.15, 0.2) is 4.67 Å². The van der Waals surface area contributed by atoms with Gasteiger partial charge < -0.3 is 19.6 Å². The van der Waals surface area contributed by atoms with Gasteiger partial charge in [-0.15, -0.1) is 0 Å².